The number of carbonyl (C=O) groups is 2. The van der Waals surface area contributed by atoms with E-state index in [0.717, 1.165) is 77.0 Å². The molecule has 6 unspecified atom stereocenters. The zero-order valence-corrected chi connectivity index (χ0v) is 35.9. The summed E-state index contributed by atoms with van der Waals surface area (Å²) >= 11 is 0. The van der Waals surface area contributed by atoms with Gasteiger partial charge in [-0.1, -0.05) is 118 Å². The van der Waals surface area contributed by atoms with Crippen molar-refractivity contribution in [3.05, 3.63) is 0 Å². The van der Waals surface area contributed by atoms with Gasteiger partial charge < -0.3 is 10.2 Å². The first-order valence-corrected chi connectivity index (χ1v) is 22.0. The predicted octanol–water partition coefficient (Wildman–Crippen LogP) is 11.5. The SMILES string of the molecule is CCCCCCCCO[N+]1(C)C(C(CCCCCCCC(=O)O)(C(=O)O)C2CCC(C)C(C)(C)[N+]2(C)OCCCCCCCC)CCC(C)C1(C)C. The van der Waals surface area contributed by atoms with Crippen LogP contribution in [0, 0.1) is 17.3 Å². The molecule has 0 radical (unpaired) electrons. The van der Waals surface area contributed by atoms with Crippen molar-refractivity contribution in [2.75, 3.05) is 27.3 Å². The number of likely N-dealkylation sites (tertiary alicyclic amines) is 2. The Bertz CT molecular complexity index is 990. The Labute approximate surface area is 320 Å². The van der Waals surface area contributed by atoms with Crippen molar-refractivity contribution in [2.24, 2.45) is 17.3 Å². The summed E-state index contributed by atoms with van der Waals surface area (Å²) in [4.78, 5) is 40.0. The van der Waals surface area contributed by atoms with Gasteiger partial charge in [0, 0.05) is 31.1 Å². The monoisotopic (exact) mass is 739 g/mol. The minimum atomic E-state index is -1.07. The zero-order chi connectivity index (χ0) is 39.1. The first kappa shape index (κ1) is 46.9. The van der Waals surface area contributed by atoms with Gasteiger partial charge in [0.05, 0.1) is 14.1 Å². The fraction of sp³-hybridized carbons (Fsp3) is 0.955. The van der Waals surface area contributed by atoms with Crippen LogP contribution in [0.2, 0.25) is 0 Å². The highest BCUT2D eigenvalue weighted by Gasteiger charge is 2.73. The van der Waals surface area contributed by atoms with Crippen molar-refractivity contribution in [2.45, 2.75) is 226 Å². The van der Waals surface area contributed by atoms with Gasteiger partial charge in [-0.2, -0.15) is 9.29 Å². The second kappa shape index (κ2) is 21.8. The average molecular weight is 739 g/mol. The Balaban J connectivity index is 2.60. The highest BCUT2D eigenvalue weighted by atomic mass is 16.7. The van der Waals surface area contributed by atoms with Crippen molar-refractivity contribution in [3.8, 4) is 0 Å². The second-order valence-electron chi connectivity index (χ2n) is 18.5. The maximum absolute atomic E-state index is 14.6. The smallest absolute Gasteiger partial charge is 0.322 e. The van der Waals surface area contributed by atoms with E-state index in [0.29, 0.717) is 47.2 Å². The summed E-state index contributed by atoms with van der Waals surface area (Å²) in [5.41, 5.74) is -1.62. The topological polar surface area (TPSA) is 93.1 Å². The minimum absolute atomic E-state index is 0.196. The van der Waals surface area contributed by atoms with Crippen LogP contribution >= 0.6 is 0 Å². The highest BCUT2D eigenvalue weighted by Crippen LogP contribution is 2.57. The number of quaternary nitrogens is 2. The third kappa shape index (κ3) is 11.2. The Kier molecular flexibility index (Phi) is 19.6. The van der Waals surface area contributed by atoms with E-state index in [1.54, 1.807) is 0 Å². The summed E-state index contributed by atoms with van der Waals surface area (Å²) in [6.07, 6.45) is 22.7. The van der Waals surface area contributed by atoms with Gasteiger partial charge in [-0.25, -0.2) is 9.68 Å². The number of hydrogen-bond donors (Lipinski definition) is 2. The van der Waals surface area contributed by atoms with Crippen molar-refractivity contribution in [3.63, 3.8) is 0 Å². The molecule has 8 nitrogen and oxygen atoms in total. The number of hydroxylamine groups is 6. The van der Waals surface area contributed by atoms with Crippen LogP contribution in [0.4, 0.5) is 0 Å². The van der Waals surface area contributed by atoms with Crippen molar-refractivity contribution in [1.29, 1.82) is 0 Å². The Morgan fingerprint density at radius 2 is 0.962 bits per heavy atom. The van der Waals surface area contributed by atoms with E-state index in [4.69, 9.17) is 14.8 Å². The van der Waals surface area contributed by atoms with E-state index in [2.05, 4.69) is 69.5 Å². The van der Waals surface area contributed by atoms with E-state index in [1.807, 2.05) is 0 Å². The summed E-state index contributed by atoms with van der Waals surface area (Å²) in [6.45, 7) is 19.7. The van der Waals surface area contributed by atoms with Gasteiger partial charge in [0.25, 0.3) is 0 Å². The van der Waals surface area contributed by atoms with E-state index in [-0.39, 0.29) is 29.6 Å². The Morgan fingerprint density at radius 1 is 0.596 bits per heavy atom. The molecule has 2 aliphatic heterocycles. The minimum Gasteiger partial charge on any atom is -0.481 e. The molecule has 0 aromatic rings. The molecule has 6 atom stereocenters. The van der Waals surface area contributed by atoms with E-state index < -0.39 is 17.4 Å². The van der Waals surface area contributed by atoms with Gasteiger partial charge >= 0.3 is 11.9 Å². The lowest BCUT2D eigenvalue weighted by atomic mass is 9.59. The first-order chi connectivity index (χ1) is 24.5. The van der Waals surface area contributed by atoms with E-state index in [1.165, 1.54) is 51.4 Å². The first-order valence-electron chi connectivity index (χ1n) is 22.0. The molecule has 2 saturated heterocycles. The fourth-order valence-corrected chi connectivity index (χ4v) is 10.0. The molecule has 306 valence electrons. The molecule has 0 amide bonds. The van der Waals surface area contributed by atoms with E-state index in [9.17, 15) is 14.7 Å². The van der Waals surface area contributed by atoms with Gasteiger partial charge in [0.1, 0.15) is 36.4 Å². The summed E-state index contributed by atoms with van der Waals surface area (Å²) in [5, 5.41) is 21.1. The molecule has 8 heteroatoms. The number of hydrogen-bond acceptors (Lipinski definition) is 4. The quantitative estimate of drug-likeness (QED) is 0.0644. The van der Waals surface area contributed by atoms with Gasteiger partial charge in [-0.3, -0.25) is 9.59 Å². The normalized spacial score (nSPS) is 29.8. The largest absolute Gasteiger partial charge is 0.481 e. The van der Waals surface area contributed by atoms with Gasteiger partial charge in [0.15, 0.2) is 5.41 Å². The van der Waals surface area contributed by atoms with Crippen LogP contribution in [0.15, 0.2) is 0 Å². The molecule has 2 aliphatic rings. The summed E-state index contributed by atoms with van der Waals surface area (Å²) < 4.78 is 0.635. The standard InChI is InChI=1S/C44H84N2O6/c1-11-13-15-17-22-26-34-51-45(9)38(31-29-36(3)42(45,5)6)44(41(49)50,33-25-21-19-20-24-28-40(47)48)39-32-30-37(4)43(7,8)46(39,10)52-35-27-23-18-16-14-12-2/h36-39H,11-35H2,1-10H3/p+2. The van der Waals surface area contributed by atoms with Crippen LogP contribution in [-0.4, -0.2) is 81.9 Å². The molecule has 0 spiro atoms. The van der Waals surface area contributed by atoms with Crippen LogP contribution in [0.3, 0.4) is 0 Å². The Morgan fingerprint density at radius 3 is 1.35 bits per heavy atom. The van der Waals surface area contributed by atoms with Crippen LogP contribution in [0.25, 0.3) is 0 Å². The molecule has 0 saturated carbocycles. The number of piperidine rings is 2. The van der Waals surface area contributed by atoms with E-state index >= 15 is 0 Å². The third-order valence-electron chi connectivity index (χ3n) is 14.9. The predicted molar refractivity (Wildman–Crippen MR) is 214 cm³/mol. The van der Waals surface area contributed by atoms with Crippen LogP contribution in [0.1, 0.15) is 203 Å². The molecule has 0 aromatic carbocycles. The number of nitrogens with zero attached hydrogens (tertiary/aromatic N) is 2. The fourth-order valence-electron chi connectivity index (χ4n) is 10.0. The summed E-state index contributed by atoms with van der Waals surface area (Å²) in [6, 6.07) is -0.458. The van der Waals surface area contributed by atoms with Crippen molar-refractivity contribution >= 4 is 11.9 Å². The molecular formula is C44H86N2O6+2. The highest BCUT2D eigenvalue weighted by molar-refractivity contribution is 5.76. The molecular weight excluding hydrogens is 652 g/mol. The summed E-state index contributed by atoms with van der Waals surface area (Å²) in [5.74, 6) is -0.674. The molecule has 2 N–H and O–H groups in total. The molecule has 2 heterocycles. The number of unbranched alkanes of at least 4 members (excludes halogenated alkanes) is 14. The maximum atomic E-state index is 14.6. The number of aliphatic carboxylic acids is 2. The Hall–Kier alpha value is -1.22. The number of rotatable bonds is 27. The maximum Gasteiger partial charge on any atom is 0.322 e. The molecule has 0 aliphatic carbocycles. The molecule has 52 heavy (non-hydrogen) atoms. The molecule has 2 rings (SSSR count). The molecule has 0 bridgehead atoms. The van der Waals surface area contributed by atoms with Crippen LogP contribution in [0.5, 0.6) is 0 Å². The third-order valence-corrected chi connectivity index (χ3v) is 14.9. The number of carboxylic acid groups (broad SMARTS) is 2. The van der Waals surface area contributed by atoms with Gasteiger partial charge in [-0.05, 0) is 66.2 Å². The van der Waals surface area contributed by atoms with Crippen molar-refractivity contribution < 1.29 is 38.8 Å². The second-order valence-corrected chi connectivity index (χ2v) is 18.5. The molecule has 2 fully saturated rings. The van der Waals surface area contributed by atoms with Gasteiger partial charge in [-0.15, -0.1) is 0 Å². The van der Waals surface area contributed by atoms with Gasteiger partial charge in [0.2, 0.25) is 0 Å². The lowest BCUT2D eigenvalue weighted by Gasteiger charge is -2.63. The lowest BCUT2D eigenvalue weighted by molar-refractivity contribution is -1.17. The van der Waals surface area contributed by atoms with Crippen molar-refractivity contribution in [1.82, 2.24) is 0 Å². The lowest BCUT2D eigenvalue weighted by Crippen LogP contribution is -2.80. The van der Waals surface area contributed by atoms with Crippen LogP contribution < -0.4 is 0 Å². The van der Waals surface area contributed by atoms with Crippen LogP contribution in [-0.2, 0) is 19.3 Å². The average Bonchev–Trinajstić information content (AvgIpc) is 3.08. The summed E-state index contributed by atoms with van der Waals surface area (Å²) in [7, 11) is 4.44. The molecule has 0 aromatic heterocycles. The zero-order valence-electron chi connectivity index (χ0n) is 35.9. The number of carboxylic acids is 2.